The van der Waals surface area contributed by atoms with Gasteiger partial charge in [0, 0.05) is 36.6 Å². The summed E-state index contributed by atoms with van der Waals surface area (Å²) in [6.07, 6.45) is -2.13. The molecular formula is C23H24F3N5O. The molecule has 1 aliphatic heterocycles. The Morgan fingerprint density at radius 3 is 2.72 bits per heavy atom. The number of nitrogens with one attached hydrogen (secondary N) is 1. The number of halogens is 3. The van der Waals surface area contributed by atoms with Gasteiger partial charge >= 0.3 is 6.18 Å². The van der Waals surface area contributed by atoms with Crippen molar-refractivity contribution in [1.29, 1.82) is 0 Å². The highest BCUT2D eigenvalue weighted by molar-refractivity contribution is 6.07. The maximum absolute atomic E-state index is 13.1. The standard InChI is InChI=1S/C23H24F3N5O/c1-2-19-29-20-17(21(27)32)9-4-10-18(20)22(30-19)28-15-7-5-11-31(13-15)16-8-3-6-14(12-16)23(24,25)26/h3-4,6,8-10,12,15H,2,5,7,11,13H2,1H3,(H2,27,32)(H,28,29,30). The minimum absolute atomic E-state index is 0.0293. The number of nitrogens with zero attached hydrogens (tertiary/aromatic N) is 3. The lowest BCUT2D eigenvalue weighted by molar-refractivity contribution is -0.137. The summed E-state index contributed by atoms with van der Waals surface area (Å²) >= 11 is 0. The van der Waals surface area contributed by atoms with Crippen molar-refractivity contribution in [1.82, 2.24) is 9.97 Å². The van der Waals surface area contributed by atoms with Gasteiger partial charge in [-0.2, -0.15) is 13.2 Å². The molecule has 32 heavy (non-hydrogen) atoms. The number of carbonyl (C=O) groups excluding carboxylic acids is 1. The van der Waals surface area contributed by atoms with Crippen LogP contribution in [0.25, 0.3) is 10.9 Å². The largest absolute Gasteiger partial charge is 0.416 e. The van der Waals surface area contributed by atoms with E-state index in [1.54, 1.807) is 18.2 Å². The first-order valence-electron chi connectivity index (χ1n) is 10.5. The molecule has 0 saturated carbocycles. The van der Waals surface area contributed by atoms with Crippen LogP contribution in [0.3, 0.4) is 0 Å². The molecule has 1 aliphatic rings. The van der Waals surface area contributed by atoms with E-state index in [0.29, 0.717) is 53.3 Å². The van der Waals surface area contributed by atoms with Crippen molar-refractivity contribution < 1.29 is 18.0 Å². The molecule has 0 spiro atoms. The number of amides is 1. The molecular weight excluding hydrogens is 419 g/mol. The quantitative estimate of drug-likeness (QED) is 0.611. The molecule has 0 radical (unpaired) electrons. The molecule has 1 aromatic heterocycles. The van der Waals surface area contributed by atoms with E-state index in [1.807, 2.05) is 17.9 Å². The molecule has 1 atom stereocenters. The van der Waals surface area contributed by atoms with Crippen LogP contribution in [-0.4, -0.2) is 35.0 Å². The SMILES string of the molecule is CCc1nc(NC2CCCN(c3cccc(C(F)(F)F)c3)C2)c2cccc(C(N)=O)c2n1. The lowest BCUT2D eigenvalue weighted by Crippen LogP contribution is -2.42. The summed E-state index contributed by atoms with van der Waals surface area (Å²) in [5, 5.41) is 4.13. The van der Waals surface area contributed by atoms with E-state index in [9.17, 15) is 18.0 Å². The highest BCUT2D eigenvalue weighted by atomic mass is 19.4. The van der Waals surface area contributed by atoms with Gasteiger partial charge in [-0.3, -0.25) is 4.79 Å². The van der Waals surface area contributed by atoms with Gasteiger partial charge in [-0.15, -0.1) is 0 Å². The number of hydrogen-bond acceptors (Lipinski definition) is 5. The van der Waals surface area contributed by atoms with Crippen LogP contribution >= 0.6 is 0 Å². The predicted molar refractivity (Wildman–Crippen MR) is 118 cm³/mol. The number of fused-ring (bicyclic) bond motifs is 1. The molecule has 2 heterocycles. The van der Waals surface area contributed by atoms with Crippen LogP contribution in [0.5, 0.6) is 0 Å². The molecule has 3 aromatic rings. The maximum atomic E-state index is 13.1. The van der Waals surface area contributed by atoms with E-state index < -0.39 is 17.6 Å². The van der Waals surface area contributed by atoms with Gasteiger partial charge in [0.1, 0.15) is 11.6 Å². The predicted octanol–water partition coefficient (Wildman–Crippen LogP) is 4.39. The van der Waals surface area contributed by atoms with Crippen molar-refractivity contribution in [3.8, 4) is 0 Å². The zero-order chi connectivity index (χ0) is 22.9. The van der Waals surface area contributed by atoms with Crippen LogP contribution in [0.2, 0.25) is 0 Å². The third-order valence-corrected chi connectivity index (χ3v) is 5.66. The molecule has 3 N–H and O–H groups in total. The molecule has 168 valence electrons. The molecule has 1 amide bonds. The minimum atomic E-state index is -4.38. The van der Waals surface area contributed by atoms with Crippen molar-refractivity contribution in [2.45, 2.75) is 38.4 Å². The van der Waals surface area contributed by atoms with Gasteiger partial charge < -0.3 is 16.0 Å². The molecule has 6 nitrogen and oxygen atoms in total. The second-order valence-electron chi connectivity index (χ2n) is 7.89. The number of para-hydroxylation sites is 1. The average Bonchev–Trinajstić information content (AvgIpc) is 2.78. The topological polar surface area (TPSA) is 84.1 Å². The van der Waals surface area contributed by atoms with Gasteiger partial charge in [0.05, 0.1) is 16.6 Å². The number of aryl methyl sites for hydroxylation is 1. The number of anilines is 2. The molecule has 1 saturated heterocycles. The lowest BCUT2D eigenvalue weighted by atomic mass is 10.0. The highest BCUT2D eigenvalue weighted by Crippen LogP contribution is 2.33. The highest BCUT2D eigenvalue weighted by Gasteiger charge is 2.31. The molecule has 9 heteroatoms. The fraction of sp³-hybridized carbons (Fsp3) is 0.348. The zero-order valence-corrected chi connectivity index (χ0v) is 17.6. The normalized spacial score (nSPS) is 16.9. The van der Waals surface area contributed by atoms with Crippen LogP contribution < -0.4 is 16.0 Å². The smallest absolute Gasteiger partial charge is 0.369 e. The van der Waals surface area contributed by atoms with Crippen molar-refractivity contribution in [2.24, 2.45) is 5.73 Å². The summed E-state index contributed by atoms with van der Waals surface area (Å²) in [4.78, 5) is 22.9. The summed E-state index contributed by atoms with van der Waals surface area (Å²) in [6.45, 7) is 3.13. The number of carbonyl (C=O) groups is 1. The number of primary amides is 1. The van der Waals surface area contributed by atoms with Crippen molar-refractivity contribution >= 4 is 28.3 Å². The average molecular weight is 443 g/mol. The number of alkyl halides is 3. The Kier molecular flexibility index (Phi) is 5.90. The van der Waals surface area contributed by atoms with E-state index in [1.165, 1.54) is 12.1 Å². The molecule has 1 unspecified atom stereocenters. The fourth-order valence-corrected chi connectivity index (χ4v) is 4.07. The number of benzene rings is 2. The first kappa shape index (κ1) is 21.9. The number of nitrogens with two attached hydrogens (primary N) is 1. The third kappa shape index (κ3) is 4.46. The Balaban J connectivity index is 1.62. The minimum Gasteiger partial charge on any atom is -0.369 e. The van der Waals surface area contributed by atoms with Gasteiger partial charge in [0.15, 0.2) is 0 Å². The Labute approximate surface area is 183 Å². The van der Waals surface area contributed by atoms with Crippen LogP contribution in [0.15, 0.2) is 42.5 Å². The maximum Gasteiger partial charge on any atom is 0.416 e. The van der Waals surface area contributed by atoms with Gasteiger partial charge in [0.25, 0.3) is 5.91 Å². The van der Waals surface area contributed by atoms with E-state index >= 15 is 0 Å². The van der Waals surface area contributed by atoms with Gasteiger partial charge in [-0.05, 0) is 43.2 Å². The van der Waals surface area contributed by atoms with Crippen LogP contribution in [0, 0.1) is 0 Å². The number of hydrogen-bond donors (Lipinski definition) is 2. The van der Waals surface area contributed by atoms with E-state index in [2.05, 4.69) is 15.3 Å². The third-order valence-electron chi connectivity index (χ3n) is 5.66. The van der Waals surface area contributed by atoms with Gasteiger partial charge in [-0.25, -0.2) is 9.97 Å². The van der Waals surface area contributed by atoms with Crippen LogP contribution in [0.4, 0.5) is 24.7 Å². The number of aromatic nitrogens is 2. The summed E-state index contributed by atoms with van der Waals surface area (Å²) < 4.78 is 39.4. The summed E-state index contributed by atoms with van der Waals surface area (Å²) in [5.41, 5.74) is 6.25. The van der Waals surface area contributed by atoms with E-state index in [0.717, 1.165) is 18.9 Å². The second kappa shape index (κ2) is 8.64. The van der Waals surface area contributed by atoms with Gasteiger partial charge in [-0.1, -0.05) is 19.1 Å². The first-order valence-corrected chi connectivity index (χ1v) is 10.5. The van der Waals surface area contributed by atoms with Crippen molar-refractivity contribution in [3.63, 3.8) is 0 Å². The second-order valence-corrected chi connectivity index (χ2v) is 7.89. The Bertz CT molecular complexity index is 1150. The van der Waals surface area contributed by atoms with Crippen molar-refractivity contribution in [2.75, 3.05) is 23.3 Å². The monoisotopic (exact) mass is 443 g/mol. The Morgan fingerprint density at radius 2 is 2.00 bits per heavy atom. The molecule has 1 fully saturated rings. The first-order chi connectivity index (χ1) is 15.3. The molecule has 4 rings (SSSR count). The van der Waals surface area contributed by atoms with Crippen LogP contribution in [0.1, 0.15) is 41.5 Å². The Morgan fingerprint density at radius 1 is 1.22 bits per heavy atom. The molecule has 0 bridgehead atoms. The van der Waals surface area contributed by atoms with Crippen LogP contribution in [-0.2, 0) is 12.6 Å². The molecule has 0 aliphatic carbocycles. The lowest BCUT2D eigenvalue weighted by Gasteiger charge is -2.35. The summed E-state index contributed by atoms with van der Waals surface area (Å²) in [6, 6.07) is 10.6. The van der Waals surface area contributed by atoms with E-state index in [4.69, 9.17) is 5.73 Å². The summed E-state index contributed by atoms with van der Waals surface area (Å²) in [5.74, 6) is 0.626. The zero-order valence-electron chi connectivity index (χ0n) is 17.6. The van der Waals surface area contributed by atoms with E-state index in [-0.39, 0.29) is 6.04 Å². The number of rotatable bonds is 5. The van der Waals surface area contributed by atoms with Crippen molar-refractivity contribution in [3.05, 3.63) is 59.4 Å². The molecule has 2 aromatic carbocycles. The summed E-state index contributed by atoms with van der Waals surface area (Å²) in [7, 11) is 0. The van der Waals surface area contributed by atoms with Gasteiger partial charge in [0.2, 0.25) is 0 Å². The number of piperidine rings is 1. The Hall–Kier alpha value is -3.36. The fourth-order valence-electron chi connectivity index (χ4n) is 4.07.